The summed E-state index contributed by atoms with van der Waals surface area (Å²) in [5.41, 5.74) is 0.229. The van der Waals surface area contributed by atoms with E-state index in [0.29, 0.717) is 0 Å². The monoisotopic (exact) mass is 457 g/mol. The Morgan fingerprint density at radius 3 is 2.46 bits per heavy atom. The molecule has 0 atom stereocenters. The topological polar surface area (TPSA) is 88.9 Å². The molecule has 3 aromatic rings. The summed E-state index contributed by atoms with van der Waals surface area (Å²) in [6.45, 7) is 0. The third-order valence-corrected chi connectivity index (χ3v) is 4.61. The Morgan fingerprint density at radius 1 is 1.04 bits per heavy atom. The second-order valence-corrected chi connectivity index (χ2v) is 7.05. The van der Waals surface area contributed by atoms with E-state index in [1.807, 2.05) is 0 Å². The number of hydrogen-bond donors (Lipinski definition) is 2. The number of halogens is 4. The first kappa shape index (κ1) is 20.4. The lowest BCUT2D eigenvalue weighted by Gasteiger charge is -2.13. The van der Waals surface area contributed by atoms with Crippen LogP contribution >= 0.6 is 46.4 Å². The zero-order valence-corrected chi connectivity index (χ0v) is 17.2. The van der Waals surface area contributed by atoms with Crippen LogP contribution in [0.4, 0.5) is 5.69 Å². The maximum atomic E-state index is 12.9. The highest BCUT2D eigenvalue weighted by Gasteiger charge is 2.22. The van der Waals surface area contributed by atoms with Crippen LogP contribution in [0.5, 0.6) is 0 Å². The molecular formula is C17H11Cl4N5O2. The Hall–Kier alpha value is -2.32. The molecule has 0 bridgehead atoms. The molecule has 0 fully saturated rings. The van der Waals surface area contributed by atoms with E-state index in [4.69, 9.17) is 46.4 Å². The fourth-order valence-corrected chi connectivity index (χ4v) is 3.32. The number of pyridine rings is 1. The highest BCUT2D eigenvalue weighted by Crippen LogP contribution is 2.31. The van der Waals surface area contributed by atoms with Gasteiger partial charge in [0.15, 0.2) is 11.0 Å². The van der Waals surface area contributed by atoms with Gasteiger partial charge in [-0.3, -0.25) is 9.59 Å². The van der Waals surface area contributed by atoms with Gasteiger partial charge >= 0.3 is 0 Å². The second-order valence-electron chi connectivity index (χ2n) is 5.42. The lowest BCUT2D eigenvalue weighted by Crippen LogP contribution is -2.23. The van der Waals surface area contributed by atoms with Crippen molar-refractivity contribution in [1.82, 2.24) is 20.1 Å². The van der Waals surface area contributed by atoms with Crippen molar-refractivity contribution in [1.29, 1.82) is 0 Å². The van der Waals surface area contributed by atoms with Crippen LogP contribution in [0.15, 0.2) is 36.5 Å². The van der Waals surface area contributed by atoms with Crippen molar-refractivity contribution in [2.24, 2.45) is 0 Å². The van der Waals surface area contributed by atoms with E-state index in [-0.39, 0.29) is 43.0 Å². The van der Waals surface area contributed by atoms with Crippen LogP contribution in [0.3, 0.4) is 0 Å². The molecule has 2 N–H and O–H groups in total. The fourth-order valence-electron chi connectivity index (χ4n) is 2.40. The Bertz CT molecular complexity index is 1080. The first-order chi connectivity index (χ1) is 13.3. The number of carbonyl (C=O) groups excluding carboxylic acids is 2. The van der Waals surface area contributed by atoms with Crippen LogP contribution in [0.2, 0.25) is 20.2 Å². The minimum atomic E-state index is -0.629. The molecule has 0 radical (unpaired) electrons. The van der Waals surface area contributed by atoms with Gasteiger partial charge < -0.3 is 10.6 Å². The number of aromatic nitrogens is 3. The predicted molar refractivity (Wildman–Crippen MR) is 109 cm³/mol. The van der Waals surface area contributed by atoms with Gasteiger partial charge in [0, 0.05) is 24.3 Å². The molecule has 1 aromatic carbocycles. The molecule has 0 unspecified atom stereocenters. The average molecular weight is 459 g/mol. The summed E-state index contributed by atoms with van der Waals surface area (Å²) in [6, 6.07) is 7.37. The van der Waals surface area contributed by atoms with E-state index in [2.05, 4.69) is 20.7 Å². The van der Waals surface area contributed by atoms with E-state index in [1.165, 1.54) is 36.1 Å². The number of nitrogens with one attached hydrogen (secondary N) is 2. The number of amides is 2. The van der Waals surface area contributed by atoms with Crippen LogP contribution in [0.25, 0.3) is 5.82 Å². The van der Waals surface area contributed by atoms with E-state index < -0.39 is 11.8 Å². The zero-order chi connectivity index (χ0) is 20.4. The molecule has 0 aliphatic heterocycles. The van der Waals surface area contributed by atoms with Crippen LogP contribution in [-0.4, -0.2) is 33.6 Å². The van der Waals surface area contributed by atoms with E-state index in [0.717, 1.165) is 0 Å². The van der Waals surface area contributed by atoms with Crippen molar-refractivity contribution in [3.8, 4) is 5.82 Å². The summed E-state index contributed by atoms with van der Waals surface area (Å²) in [7, 11) is 1.45. The average Bonchev–Trinajstić information content (AvgIpc) is 3.05. The molecule has 144 valence electrons. The van der Waals surface area contributed by atoms with Crippen molar-refractivity contribution in [2.45, 2.75) is 0 Å². The third kappa shape index (κ3) is 4.07. The van der Waals surface area contributed by atoms with Crippen molar-refractivity contribution in [3.05, 3.63) is 68.0 Å². The van der Waals surface area contributed by atoms with Gasteiger partial charge in [-0.15, -0.1) is 0 Å². The largest absolute Gasteiger partial charge is 0.355 e. The van der Waals surface area contributed by atoms with Crippen molar-refractivity contribution < 1.29 is 9.59 Å². The normalized spacial score (nSPS) is 10.6. The van der Waals surface area contributed by atoms with Gasteiger partial charge in [0.25, 0.3) is 11.8 Å². The Balaban J connectivity index is 2.05. The molecular weight excluding hydrogens is 448 g/mol. The SMILES string of the molecule is CNC(=O)c1cc(Cl)cc(Cl)c1NC(=O)c1cc(Cl)nn1-c1ncccc1Cl. The first-order valence-corrected chi connectivity index (χ1v) is 9.22. The van der Waals surface area contributed by atoms with Gasteiger partial charge in [0.2, 0.25) is 0 Å². The molecule has 0 spiro atoms. The minimum Gasteiger partial charge on any atom is -0.355 e. The van der Waals surface area contributed by atoms with Crippen molar-refractivity contribution >= 4 is 63.9 Å². The zero-order valence-electron chi connectivity index (χ0n) is 14.1. The fraction of sp³-hybridized carbons (Fsp3) is 0.0588. The molecule has 28 heavy (non-hydrogen) atoms. The van der Waals surface area contributed by atoms with Gasteiger partial charge in [0.1, 0.15) is 5.69 Å². The Labute approximate surface area is 179 Å². The summed E-state index contributed by atoms with van der Waals surface area (Å²) in [4.78, 5) is 29.2. The predicted octanol–water partition coefficient (Wildman–Crippen LogP) is 4.49. The smallest absolute Gasteiger partial charge is 0.274 e. The van der Waals surface area contributed by atoms with Crippen LogP contribution in [0.1, 0.15) is 20.8 Å². The van der Waals surface area contributed by atoms with Crippen LogP contribution in [0, 0.1) is 0 Å². The number of benzene rings is 1. The Kier molecular flexibility index (Phi) is 6.10. The highest BCUT2D eigenvalue weighted by atomic mass is 35.5. The van der Waals surface area contributed by atoms with Gasteiger partial charge in [-0.05, 0) is 24.3 Å². The number of anilines is 1. The molecule has 7 nitrogen and oxygen atoms in total. The van der Waals surface area contributed by atoms with Gasteiger partial charge in [-0.25, -0.2) is 9.67 Å². The molecule has 2 heterocycles. The number of carbonyl (C=O) groups is 2. The van der Waals surface area contributed by atoms with Crippen LogP contribution in [-0.2, 0) is 0 Å². The molecule has 0 aliphatic rings. The van der Waals surface area contributed by atoms with Crippen molar-refractivity contribution in [2.75, 3.05) is 12.4 Å². The summed E-state index contributed by atoms with van der Waals surface area (Å²) in [6.07, 6.45) is 1.50. The maximum absolute atomic E-state index is 12.9. The van der Waals surface area contributed by atoms with E-state index in [9.17, 15) is 9.59 Å². The molecule has 2 amide bonds. The third-order valence-electron chi connectivity index (χ3n) is 3.62. The summed E-state index contributed by atoms with van der Waals surface area (Å²) >= 11 is 24.3. The van der Waals surface area contributed by atoms with Crippen molar-refractivity contribution in [3.63, 3.8) is 0 Å². The van der Waals surface area contributed by atoms with Gasteiger partial charge in [0.05, 0.1) is 21.3 Å². The first-order valence-electron chi connectivity index (χ1n) is 7.70. The lowest BCUT2D eigenvalue weighted by molar-refractivity contribution is 0.0964. The quantitative estimate of drug-likeness (QED) is 0.602. The molecule has 2 aromatic heterocycles. The minimum absolute atomic E-state index is 0.0412. The summed E-state index contributed by atoms with van der Waals surface area (Å²) < 4.78 is 1.20. The molecule has 0 saturated heterocycles. The summed E-state index contributed by atoms with van der Waals surface area (Å²) in [5.74, 6) is -0.885. The Morgan fingerprint density at radius 2 is 1.79 bits per heavy atom. The van der Waals surface area contributed by atoms with E-state index in [1.54, 1.807) is 12.1 Å². The standard InChI is InChI=1S/C17H11Cl4N5O2/c1-22-16(27)9-5-8(18)6-11(20)14(9)24-17(28)12-7-13(21)25-26(12)15-10(19)3-2-4-23-15/h2-7H,1H3,(H,22,27)(H,24,28). The van der Waals surface area contributed by atoms with E-state index >= 15 is 0 Å². The number of nitrogens with zero attached hydrogens (tertiary/aromatic N) is 3. The van der Waals surface area contributed by atoms with Crippen LogP contribution < -0.4 is 10.6 Å². The summed E-state index contributed by atoms with van der Waals surface area (Å²) in [5, 5.41) is 9.78. The molecule has 0 aliphatic carbocycles. The number of rotatable bonds is 4. The number of hydrogen-bond acceptors (Lipinski definition) is 4. The second kappa shape index (κ2) is 8.36. The highest BCUT2D eigenvalue weighted by molar-refractivity contribution is 6.38. The lowest BCUT2D eigenvalue weighted by atomic mass is 10.1. The molecule has 0 saturated carbocycles. The molecule has 3 rings (SSSR count). The molecule has 11 heteroatoms. The van der Waals surface area contributed by atoms with Gasteiger partial charge in [-0.1, -0.05) is 46.4 Å². The maximum Gasteiger partial charge on any atom is 0.274 e. The van der Waals surface area contributed by atoms with Gasteiger partial charge in [-0.2, -0.15) is 5.10 Å².